The summed E-state index contributed by atoms with van der Waals surface area (Å²) in [6, 6.07) is 1.34. The maximum absolute atomic E-state index is 12.4. The van der Waals surface area contributed by atoms with Gasteiger partial charge in [0, 0.05) is 29.0 Å². The summed E-state index contributed by atoms with van der Waals surface area (Å²) < 4.78 is 1.92. The fourth-order valence-electron chi connectivity index (χ4n) is 2.24. The Morgan fingerprint density at radius 2 is 2.05 bits per heavy atom. The highest BCUT2D eigenvalue weighted by atomic mass is 32.1. The van der Waals surface area contributed by atoms with E-state index in [0.29, 0.717) is 5.56 Å². The molecule has 0 saturated heterocycles. The first-order valence-corrected chi connectivity index (χ1v) is 7.83. The molecule has 2 rings (SSSR count). The Kier molecular flexibility index (Phi) is 4.65. The van der Waals surface area contributed by atoms with Crippen LogP contribution in [0.3, 0.4) is 0 Å². The van der Waals surface area contributed by atoms with E-state index in [4.69, 9.17) is 5.11 Å². The minimum absolute atomic E-state index is 0.267. The molecule has 0 aliphatic rings. The van der Waals surface area contributed by atoms with Gasteiger partial charge < -0.3 is 10.4 Å². The summed E-state index contributed by atoms with van der Waals surface area (Å²) in [4.78, 5) is 27.6. The van der Waals surface area contributed by atoms with E-state index in [9.17, 15) is 9.59 Å². The molecule has 6 nitrogen and oxygen atoms in total. The van der Waals surface area contributed by atoms with Gasteiger partial charge in [-0.3, -0.25) is 14.2 Å². The van der Waals surface area contributed by atoms with Crippen molar-refractivity contribution in [2.75, 3.05) is 0 Å². The molecule has 2 atom stereocenters. The highest BCUT2D eigenvalue weighted by molar-refractivity contribution is 7.12. The molecule has 0 fully saturated rings. The molecule has 0 spiro atoms. The molecule has 22 heavy (non-hydrogen) atoms. The Morgan fingerprint density at radius 1 is 1.36 bits per heavy atom. The Balaban J connectivity index is 2.25. The SMILES string of the molecule is Cc1cc(C(=O)NC(C)C(C)C(=O)O)c(C)n1-c1nccs1. The van der Waals surface area contributed by atoms with E-state index in [1.165, 1.54) is 11.3 Å². The Morgan fingerprint density at radius 3 is 2.59 bits per heavy atom. The van der Waals surface area contributed by atoms with Crippen molar-refractivity contribution < 1.29 is 14.7 Å². The van der Waals surface area contributed by atoms with Gasteiger partial charge in [0.25, 0.3) is 5.91 Å². The molecule has 0 aliphatic heterocycles. The van der Waals surface area contributed by atoms with Crippen LogP contribution in [0.2, 0.25) is 0 Å². The molecule has 0 saturated carbocycles. The minimum atomic E-state index is -0.930. The number of carbonyl (C=O) groups is 2. The van der Waals surface area contributed by atoms with Crippen LogP contribution in [-0.4, -0.2) is 32.6 Å². The second-order valence-electron chi connectivity index (χ2n) is 5.32. The van der Waals surface area contributed by atoms with Crippen molar-refractivity contribution in [2.45, 2.75) is 33.7 Å². The van der Waals surface area contributed by atoms with E-state index >= 15 is 0 Å². The van der Waals surface area contributed by atoms with Crippen LogP contribution >= 0.6 is 11.3 Å². The molecular weight excluding hydrogens is 302 g/mol. The third-order valence-corrected chi connectivity index (χ3v) is 4.54. The molecule has 1 amide bonds. The molecule has 2 N–H and O–H groups in total. The second kappa shape index (κ2) is 6.31. The predicted octanol–water partition coefficient (Wildman–Crippen LogP) is 2.39. The summed E-state index contributed by atoms with van der Waals surface area (Å²) in [5.41, 5.74) is 2.24. The van der Waals surface area contributed by atoms with Crippen molar-refractivity contribution in [3.63, 3.8) is 0 Å². The van der Waals surface area contributed by atoms with Gasteiger partial charge in [-0.05, 0) is 33.8 Å². The van der Waals surface area contributed by atoms with Gasteiger partial charge in [0.1, 0.15) is 0 Å². The smallest absolute Gasteiger partial charge is 0.308 e. The summed E-state index contributed by atoms with van der Waals surface area (Å²) in [5, 5.41) is 14.4. The first-order chi connectivity index (χ1) is 10.3. The van der Waals surface area contributed by atoms with Crippen LogP contribution in [0.25, 0.3) is 5.13 Å². The second-order valence-corrected chi connectivity index (χ2v) is 6.20. The zero-order valence-electron chi connectivity index (χ0n) is 13.0. The van der Waals surface area contributed by atoms with E-state index < -0.39 is 17.9 Å². The van der Waals surface area contributed by atoms with Crippen molar-refractivity contribution in [3.05, 3.63) is 34.6 Å². The largest absolute Gasteiger partial charge is 0.481 e. The zero-order chi connectivity index (χ0) is 16.4. The predicted molar refractivity (Wildman–Crippen MR) is 84.6 cm³/mol. The van der Waals surface area contributed by atoms with Crippen LogP contribution in [0.4, 0.5) is 0 Å². The lowest BCUT2D eigenvalue weighted by Crippen LogP contribution is -2.40. The van der Waals surface area contributed by atoms with Crippen LogP contribution in [0.15, 0.2) is 17.6 Å². The first-order valence-electron chi connectivity index (χ1n) is 6.95. The van der Waals surface area contributed by atoms with Gasteiger partial charge in [-0.1, -0.05) is 0 Å². The molecule has 2 aromatic rings. The molecule has 0 aliphatic carbocycles. The van der Waals surface area contributed by atoms with E-state index in [0.717, 1.165) is 16.5 Å². The Hall–Kier alpha value is -2.15. The van der Waals surface area contributed by atoms with Gasteiger partial charge >= 0.3 is 5.97 Å². The van der Waals surface area contributed by atoms with Crippen LogP contribution < -0.4 is 5.32 Å². The molecule has 0 radical (unpaired) electrons. The van der Waals surface area contributed by atoms with E-state index in [1.807, 2.05) is 23.8 Å². The number of carboxylic acid groups (broad SMARTS) is 1. The topological polar surface area (TPSA) is 84.2 Å². The first kappa shape index (κ1) is 16.2. The fraction of sp³-hybridized carbons (Fsp3) is 0.400. The number of carbonyl (C=O) groups excluding carboxylic acids is 1. The summed E-state index contributed by atoms with van der Waals surface area (Å²) >= 11 is 1.49. The van der Waals surface area contributed by atoms with E-state index in [2.05, 4.69) is 10.3 Å². The number of amides is 1. The van der Waals surface area contributed by atoms with Crippen molar-refractivity contribution in [2.24, 2.45) is 5.92 Å². The summed E-state index contributed by atoms with van der Waals surface area (Å²) in [7, 11) is 0. The van der Waals surface area contributed by atoms with Gasteiger partial charge in [-0.15, -0.1) is 11.3 Å². The average molecular weight is 321 g/mol. The fourth-order valence-corrected chi connectivity index (χ4v) is 2.99. The number of nitrogens with one attached hydrogen (secondary N) is 1. The Bertz CT molecular complexity index is 691. The monoisotopic (exact) mass is 321 g/mol. The van der Waals surface area contributed by atoms with Crippen molar-refractivity contribution in [3.8, 4) is 5.13 Å². The highest BCUT2D eigenvalue weighted by Crippen LogP contribution is 2.22. The zero-order valence-corrected chi connectivity index (χ0v) is 13.8. The Labute approximate surface area is 132 Å². The van der Waals surface area contributed by atoms with E-state index in [1.54, 1.807) is 26.1 Å². The number of hydrogen-bond acceptors (Lipinski definition) is 4. The number of aliphatic carboxylic acids is 1. The molecule has 2 heterocycles. The van der Waals surface area contributed by atoms with Gasteiger partial charge in [-0.2, -0.15) is 0 Å². The van der Waals surface area contributed by atoms with Crippen LogP contribution in [0, 0.1) is 19.8 Å². The molecule has 0 bridgehead atoms. The number of thiazole rings is 1. The lowest BCUT2D eigenvalue weighted by atomic mass is 10.0. The molecular formula is C15H19N3O3S. The number of nitrogens with zero attached hydrogens (tertiary/aromatic N) is 2. The third-order valence-electron chi connectivity index (χ3n) is 3.78. The molecule has 2 aromatic heterocycles. The normalized spacial score (nSPS) is 13.6. The number of hydrogen-bond donors (Lipinski definition) is 2. The summed E-state index contributed by atoms with van der Waals surface area (Å²) in [6.07, 6.45) is 1.72. The molecule has 0 aromatic carbocycles. The molecule has 2 unspecified atom stereocenters. The molecule has 7 heteroatoms. The lowest BCUT2D eigenvalue weighted by Gasteiger charge is -2.17. The van der Waals surface area contributed by atoms with Gasteiger partial charge in [0.05, 0.1) is 11.5 Å². The van der Waals surface area contributed by atoms with Crippen LogP contribution in [-0.2, 0) is 4.79 Å². The summed E-state index contributed by atoms with van der Waals surface area (Å²) in [5.74, 6) is -1.84. The quantitative estimate of drug-likeness (QED) is 0.885. The minimum Gasteiger partial charge on any atom is -0.481 e. The average Bonchev–Trinajstić information content (AvgIpc) is 3.05. The highest BCUT2D eigenvalue weighted by Gasteiger charge is 2.24. The maximum atomic E-state index is 12.4. The number of aryl methyl sites for hydroxylation is 1. The van der Waals surface area contributed by atoms with Crippen LogP contribution in [0.5, 0.6) is 0 Å². The van der Waals surface area contributed by atoms with Gasteiger partial charge in [0.2, 0.25) is 0 Å². The van der Waals surface area contributed by atoms with E-state index in [-0.39, 0.29) is 5.91 Å². The maximum Gasteiger partial charge on any atom is 0.308 e. The number of rotatable bonds is 5. The number of aromatic nitrogens is 2. The number of carboxylic acids is 1. The third kappa shape index (κ3) is 3.04. The molecule has 118 valence electrons. The van der Waals surface area contributed by atoms with Crippen molar-refractivity contribution in [1.82, 2.24) is 14.9 Å². The van der Waals surface area contributed by atoms with Gasteiger partial charge in [0.15, 0.2) is 5.13 Å². The van der Waals surface area contributed by atoms with Crippen molar-refractivity contribution >= 4 is 23.2 Å². The standard InChI is InChI=1S/C15H19N3O3S/c1-8-7-12(11(4)18(8)15-16-5-6-22-15)13(19)17-10(3)9(2)14(20)21/h5-7,9-10H,1-4H3,(H,17,19)(H,20,21). The lowest BCUT2D eigenvalue weighted by molar-refractivity contribution is -0.141. The summed E-state index contributed by atoms with van der Waals surface area (Å²) in [6.45, 7) is 7.03. The van der Waals surface area contributed by atoms with Gasteiger partial charge in [-0.25, -0.2) is 4.98 Å². The van der Waals surface area contributed by atoms with Crippen LogP contribution in [0.1, 0.15) is 35.6 Å². The van der Waals surface area contributed by atoms with Crippen molar-refractivity contribution in [1.29, 1.82) is 0 Å².